The predicted molar refractivity (Wildman–Crippen MR) is 73.4 cm³/mol. The number of likely N-dealkylation sites (N-methyl/N-ethyl adjacent to an activating group) is 1. The molecule has 1 aromatic rings. The molecule has 0 fully saturated rings. The van der Waals surface area contributed by atoms with E-state index in [-0.39, 0.29) is 11.3 Å². The quantitative estimate of drug-likeness (QED) is 0.467. The Morgan fingerprint density at radius 3 is 2.50 bits per heavy atom. The minimum Gasteiger partial charge on any atom is -0.461 e. The number of esters is 1. The third-order valence-corrected chi connectivity index (χ3v) is 2.77. The van der Waals surface area contributed by atoms with E-state index < -0.39 is 0 Å². The summed E-state index contributed by atoms with van der Waals surface area (Å²) in [5.74, 6) is -0.357. The van der Waals surface area contributed by atoms with E-state index in [0.29, 0.717) is 12.3 Å². The molecule has 1 atom stereocenters. The summed E-state index contributed by atoms with van der Waals surface area (Å²) in [5.41, 5.74) is 1.41. The van der Waals surface area contributed by atoms with Crippen molar-refractivity contribution in [3.63, 3.8) is 0 Å². The van der Waals surface area contributed by atoms with Crippen molar-refractivity contribution in [3.05, 3.63) is 47.7 Å². The number of carbonyl (C=O) groups is 1. The summed E-state index contributed by atoms with van der Waals surface area (Å²) in [4.78, 5) is 13.5. The summed E-state index contributed by atoms with van der Waals surface area (Å²) in [6.45, 7) is 2.13. The van der Waals surface area contributed by atoms with Gasteiger partial charge in [-0.15, -0.1) is 11.6 Å². The predicted octanol–water partition coefficient (Wildman–Crippen LogP) is 2.98. The van der Waals surface area contributed by atoms with Crippen molar-refractivity contribution in [1.29, 1.82) is 0 Å². The van der Waals surface area contributed by atoms with Gasteiger partial charge < -0.3 is 9.64 Å². The molecule has 0 aromatic heterocycles. The lowest BCUT2D eigenvalue weighted by Gasteiger charge is -2.17. The van der Waals surface area contributed by atoms with Crippen LogP contribution in [0.1, 0.15) is 17.9 Å². The first kappa shape index (κ1) is 14.6. The number of halogens is 1. The van der Waals surface area contributed by atoms with Crippen LogP contribution < -0.4 is 0 Å². The van der Waals surface area contributed by atoms with Gasteiger partial charge in [0.2, 0.25) is 0 Å². The Balaban J connectivity index is 2.92. The number of rotatable bonds is 5. The zero-order chi connectivity index (χ0) is 13.5. The molecule has 0 radical (unpaired) electrons. The second-order valence-electron chi connectivity index (χ2n) is 3.98. The molecule has 3 nitrogen and oxygen atoms in total. The molecule has 0 aliphatic rings. The van der Waals surface area contributed by atoms with Crippen LogP contribution >= 0.6 is 11.6 Å². The third kappa shape index (κ3) is 4.08. The van der Waals surface area contributed by atoms with Gasteiger partial charge in [-0.05, 0) is 18.6 Å². The van der Waals surface area contributed by atoms with Crippen LogP contribution in [0.5, 0.6) is 0 Å². The van der Waals surface area contributed by atoms with Gasteiger partial charge in [0.1, 0.15) is 5.70 Å². The number of nitrogens with zero attached hydrogens (tertiary/aromatic N) is 1. The summed E-state index contributed by atoms with van der Waals surface area (Å²) in [7, 11) is 3.58. The average molecular weight is 268 g/mol. The van der Waals surface area contributed by atoms with E-state index in [1.54, 1.807) is 32.0 Å². The maximum absolute atomic E-state index is 11.8. The number of allylic oxidation sites excluding steroid dienone is 1. The van der Waals surface area contributed by atoms with Crippen LogP contribution in [0.4, 0.5) is 0 Å². The van der Waals surface area contributed by atoms with E-state index in [2.05, 4.69) is 0 Å². The fourth-order valence-corrected chi connectivity index (χ4v) is 1.74. The lowest BCUT2D eigenvalue weighted by Crippen LogP contribution is -2.22. The molecule has 0 saturated carbocycles. The molecule has 0 amide bonds. The van der Waals surface area contributed by atoms with E-state index >= 15 is 0 Å². The highest BCUT2D eigenvalue weighted by atomic mass is 35.5. The van der Waals surface area contributed by atoms with Gasteiger partial charge in [-0.3, -0.25) is 0 Å². The van der Waals surface area contributed by atoms with Crippen molar-refractivity contribution in [2.24, 2.45) is 0 Å². The maximum Gasteiger partial charge on any atom is 0.354 e. The number of carbonyl (C=O) groups excluding carboxylic acids is 1. The van der Waals surface area contributed by atoms with Crippen molar-refractivity contribution in [1.82, 2.24) is 4.90 Å². The van der Waals surface area contributed by atoms with Gasteiger partial charge in [0.05, 0.1) is 12.0 Å². The number of hydrogen-bond donors (Lipinski definition) is 0. The summed E-state index contributed by atoms with van der Waals surface area (Å²) in [5, 5.41) is -0.354. The van der Waals surface area contributed by atoms with Gasteiger partial charge >= 0.3 is 5.97 Å². The van der Waals surface area contributed by atoms with Gasteiger partial charge in [-0.1, -0.05) is 30.3 Å². The van der Waals surface area contributed by atoms with E-state index in [4.69, 9.17) is 16.3 Å². The van der Waals surface area contributed by atoms with E-state index in [1.165, 1.54) is 0 Å². The normalized spacial score (nSPS) is 13.0. The monoisotopic (exact) mass is 267 g/mol. The molecule has 18 heavy (non-hydrogen) atoms. The van der Waals surface area contributed by atoms with Gasteiger partial charge in [-0.25, -0.2) is 4.79 Å². The van der Waals surface area contributed by atoms with E-state index in [9.17, 15) is 4.79 Å². The van der Waals surface area contributed by atoms with Gasteiger partial charge in [0.25, 0.3) is 0 Å². The van der Waals surface area contributed by atoms with Crippen LogP contribution in [0.25, 0.3) is 0 Å². The molecule has 1 rings (SSSR count). The summed E-state index contributed by atoms with van der Waals surface area (Å²) in [6, 6.07) is 9.60. The lowest BCUT2D eigenvalue weighted by molar-refractivity contribution is -0.140. The SMILES string of the molecule is CCOC(=O)C(=CC(Cl)c1ccccc1)N(C)C. The van der Waals surface area contributed by atoms with Gasteiger partial charge in [0, 0.05) is 14.1 Å². The molecule has 1 aromatic carbocycles. The number of hydrogen-bond acceptors (Lipinski definition) is 3. The lowest BCUT2D eigenvalue weighted by atomic mass is 10.1. The molecule has 1 unspecified atom stereocenters. The van der Waals surface area contributed by atoms with Crippen molar-refractivity contribution in [3.8, 4) is 0 Å². The molecule has 0 saturated heterocycles. The molecule has 0 N–H and O–H groups in total. The Morgan fingerprint density at radius 1 is 1.39 bits per heavy atom. The highest BCUT2D eigenvalue weighted by Crippen LogP contribution is 2.23. The first-order valence-electron chi connectivity index (χ1n) is 5.81. The third-order valence-electron chi connectivity index (χ3n) is 2.39. The number of ether oxygens (including phenoxy) is 1. The summed E-state index contributed by atoms with van der Waals surface area (Å²) < 4.78 is 4.99. The molecular formula is C14H18ClNO2. The highest BCUT2D eigenvalue weighted by Gasteiger charge is 2.15. The molecule has 98 valence electrons. The van der Waals surface area contributed by atoms with Crippen molar-refractivity contribution < 1.29 is 9.53 Å². The van der Waals surface area contributed by atoms with Crippen LogP contribution in [-0.4, -0.2) is 31.6 Å². The Morgan fingerprint density at radius 2 is 2.00 bits per heavy atom. The molecule has 4 heteroatoms. The summed E-state index contributed by atoms with van der Waals surface area (Å²) >= 11 is 6.28. The Hall–Kier alpha value is -1.48. The first-order chi connectivity index (χ1) is 8.56. The first-order valence-corrected chi connectivity index (χ1v) is 6.25. The fraction of sp³-hybridized carbons (Fsp3) is 0.357. The molecule has 0 heterocycles. The highest BCUT2D eigenvalue weighted by molar-refractivity contribution is 6.22. The average Bonchev–Trinajstić information content (AvgIpc) is 2.36. The van der Waals surface area contributed by atoms with Crippen LogP contribution in [0.2, 0.25) is 0 Å². The molecular weight excluding hydrogens is 250 g/mol. The largest absolute Gasteiger partial charge is 0.461 e. The number of alkyl halides is 1. The van der Waals surface area contributed by atoms with Crippen LogP contribution in [0.15, 0.2) is 42.1 Å². The van der Waals surface area contributed by atoms with E-state index in [0.717, 1.165) is 5.56 Å². The van der Waals surface area contributed by atoms with Crippen molar-refractivity contribution in [2.45, 2.75) is 12.3 Å². The Bertz CT molecular complexity index is 415. The second kappa shape index (κ2) is 7.07. The Labute approximate surface area is 113 Å². The minimum atomic E-state index is -0.357. The summed E-state index contributed by atoms with van der Waals surface area (Å²) in [6.07, 6.45) is 1.70. The Kier molecular flexibility index (Phi) is 5.72. The maximum atomic E-state index is 11.8. The van der Waals surface area contributed by atoms with Crippen molar-refractivity contribution >= 4 is 17.6 Å². The van der Waals surface area contributed by atoms with E-state index in [1.807, 2.05) is 30.3 Å². The van der Waals surface area contributed by atoms with Crippen LogP contribution in [0, 0.1) is 0 Å². The van der Waals surface area contributed by atoms with Crippen LogP contribution in [0.3, 0.4) is 0 Å². The second-order valence-corrected chi connectivity index (χ2v) is 4.45. The van der Waals surface area contributed by atoms with Crippen molar-refractivity contribution in [2.75, 3.05) is 20.7 Å². The molecule has 0 spiro atoms. The molecule has 0 bridgehead atoms. The smallest absolute Gasteiger partial charge is 0.354 e. The fourth-order valence-electron chi connectivity index (χ4n) is 1.48. The zero-order valence-corrected chi connectivity index (χ0v) is 11.6. The molecule has 0 aliphatic heterocycles. The number of benzene rings is 1. The standard InChI is InChI=1S/C14H18ClNO2/c1-4-18-14(17)13(16(2)3)10-12(15)11-8-6-5-7-9-11/h5-10,12H,4H2,1-3H3. The molecule has 0 aliphatic carbocycles. The van der Waals surface area contributed by atoms with Gasteiger partial charge in [0.15, 0.2) is 0 Å². The van der Waals surface area contributed by atoms with Gasteiger partial charge in [-0.2, -0.15) is 0 Å². The topological polar surface area (TPSA) is 29.5 Å². The zero-order valence-electron chi connectivity index (χ0n) is 10.9. The van der Waals surface area contributed by atoms with Crippen LogP contribution in [-0.2, 0) is 9.53 Å². The minimum absolute atomic E-state index is 0.350.